The lowest BCUT2D eigenvalue weighted by atomic mass is 9.75. The summed E-state index contributed by atoms with van der Waals surface area (Å²) in [5.74, 6) is 0. The van der Waals surface area contributed by atoms with Crippen molar-refractivity contribution in [2.75, 3.05) is 13.1 Å². The molecule has 0 radical (unpaired) electrons. The lowest BCUT2D eigenvalue weighted by Crippen LogP contribution is -2.43. The molecule has 0 saturated heterocycles. The van der Waals surface area contributed by atoms with Crippen molar-refractivity contribution in [1.82, 2.24) is 9.80 Å². The third-order valence-corrected chi connectivity index (χ3v) is 5.79. The van der Waals surface area contributed by atoms with Gasteiger partial charge in [0, 0.05) is 37.3 Å². The number of benzene rings is 1. The molecule has 0 spiro atoms. The van der Waals surface area contributed by atoms with Gasteiger partial charge in [0.15, 0.2) is 0 Å². The Balaban J connectivity index is 3.11. The Morgan fingerprint density at radius 3 is 1.41 bits per heavy atom. The normalized spacial score (nSPS) is 12.8. The first-order valence-corrected chi connectivity index (χ1v) is 10.6. The second kappa shape index (κ2) is 10.8. The van der Waals surface area contributed by atoms with E-state index in [2.05, 4.69) is 95.5 Å². The molecular weight excluding hydrogens is 330 g/mol. The van der Waals surface area contributed by atoms with Gasteiger partial charge >= 0.3 is 0 Å². The lowest BCUT2D eigenvalue weighted by Gasteiger charge is -2.37. The van der Waals surface area contributed by atoms with Crippen LogP contribution < -0.4 is 0 Å². The van der Waals surface area contributed by atoms with E-state index >= 15 is 0 Å². The Labute approximate surface area is 168 Å². The maximum Gasteiger partial charge on any atom is 0.0846 e. The molecule has 0 aliphatic heterocycles. The van der Waals surface area contributed by atoms with Crippen LogP contribution in [0.1, 0.15) is 73.8 Å². The minimum absolute atomic E-state index is 0.439. The Hall–Kier alpha value is -1.37. The van der Waals surface area contributed by atoms with Crippen LogP contribution >= 0.6 is 0 Å². The summed E-state index contributed by atoms with van der Waals surface area (Å²) in [6, 6.07) is 15.1. The van der Waals surface area contributed by atoms with E-state index in [1.807, 2.05) is 6.07 Å². The molecule has 1 aromatic carbocycles. The molecule has 0 heterocycles. The van der Waals surface area contributed by atoms with E-state index in [1.165, 1.54) is 0 Å². The molecule has 0 saturated carbocycles. The van der Waals surface area contributed by atoms with E-state index in [1.54, 1.807) is 0 Å². The first-order chi connectivity index (χ1) is 12.6. The van der Waals surface area contributed by atoms with Gasteiger partial charge in [0.05, 0.1) is 11.5 Å². The molecule has 3 nitrogen and oxygen atoms in total. The fraction of sp³-hybridized carbons (Fsp3) is 0.708. The average Bonchev–Trinajstić information content (AvgIpc) is 2.60. The van der Waals surface area contributed by atoms with Crippen LogP contribution in [0.2, 0.25) is 0 Å². The molecule has 0 amide bonds. The third kappa shape index (κ3) is 6.63. The molecule has 0 aromatic heterocycles. The van der Waals surface area contributed by atoms with E-state index in [0.29, 0.717) is 24.2 Å². The molecule has 152 valence electrons. The van der Waals surface area contributed by atoms with E-state index < -0.39 is 5.41 Å². The minimum atomic E-state index is -0.439. The molecule has 0 N–H and O–H groups in total. The van der Waals surface area contributed by atoms with Gasteiger partial charge in [-0.1, -0.05) is 30.3 Å². The van der Waals surface area contributed by atoms with Crippen molar-refractivity contribution in [3.8, 4) is 6.07 Å². The zero-order valence-corrected chi connectivity index (χ0v) is 18.9. The molecule has 0 fully saturated rings. The minimum Gasteiger partial charge on any atom is -0.298 e. The van der Waals surface area contributed by atoms with Crippen LogP contribution in [0.5, 0.6) is 0 Å². The maximum absolute atomic E-state index is 10.3. The fourth-order valence-electron chi connectivity index (χ4n) is 4.21. The molecule has 0 atom stereocenters. The van der Waals surface area contributed by atoms with Crippen molar-refractivity contribution in [1.29, 1.82) is 5.26 Å². The van der Waals surface area contributed by atoms with Gasteiger partial charge in [0.1, 0.15) is 0 Å². The van der Waals surface area contributed by atoms with Gasteiger partial charge in [0.25, 0.3) is 0 Å². The van der Waals surface area contributed by atoms with Gasteiger partial charge in [-0.15, -0.1) is 0 Å². The van der Waals surface area contributed by atoms with Crippen LogP contribution in [0.4, 0.5) is 0 Å². The first-order valence-electron chi connectivity index (χ1n) is 10.6. The lowest BCUT2D eigenvalue weighted by molar-refractivity contribution is 0.143. The van der Waals surface area contributed by atoms with Crippen molar-refractivity contribution < 1.29 is 0 Å². The molecule has 0 unspecified atom stereocenters. The first kappa shape index (κ1) is 23.7. The summed E-state index contributed by atoms with van der Waals surface area (Å²) in [5.41, 5.74) is 0.720. The second-order valence-electron chi connectivity index (χ2n) is 8.91. The number of hydrogen-bond donors (Lipinski definition) is 0. The van der Waals surface area contributed by atoms with E-state index in [4.69, 9.17) is 0 Å². The van der Waals surface area contributed by atoms with Crippen LogP contribution in [0.25, 0.3) is 0 Å². The van der Waals surface area contributed by atoms with Crippen molar-refractivity contribution in [2.24, 2.45) is 0 Å². The van der Waals surface area contributed by atoms with Gasteiger partial charge in [-0.2, -0.15) is 5.26 Å². The zero-order valence-electron chi connectivity index (χ0n) is 18.9. The summed E-state index contributed by atoms with van der Waals surface area (Å²) >= 11 is 0. The van der Waals surface area contributed by atoms with Crippen molar-refractivity contribution >= 4 is 0 Å². The van der Waals surface area contributed by atoms with Gasteiger partial charge in [-0.25, -0.2) is 0 Å². The van der Waals surface area contributed by atoms with Crippen molar-refractivity contribution in [3.05, 3.63) is 35.9 Å². The third-order valence-electron chi connectivity index (χ3n) is 5.79. The summed E-state index contributed by atoms with van der Waals surface area (Å²) in [5, 5.41) is 10.3. The largest absolute Gasteiger partial charge is 0.298 e. The summed E-state index contributed by atoms with van der Waals surface area (Å²) in [6.45, 7) is 19.9. The highest BCUT2D eigenvalue weighted by Crippen LogP contribution is 2.33. The van der Waals surface area contributed by atoms with Gasteiger partial charge in [-0.05, 0) is 73.8 Å². The van der Waals surface area contributed by atoms with Crippen LogP contribution in [0.15, 0.2) is 30.3 Å². The zero-order chi connectivity index (χ0) is 20.6. The Morgan fingerprint density at radius 1 is 0.741 bits per heavy atom. The second-order valence-corrected chi connectivity index (χ2v) is 8.91. The monoisotopic (exact) mass is 371 g/mol. The van der Waals surface area contributed by atoms with Crippen LogP contribution in [-0.4, -0.2) is 47.1 Å². The highest BCUT2D eigenvalue weighted by molar-refractivity contribution is 5.32. The predicted octanol–water partition coefficient (Wildman–Crippen LogP) is 5.47. The van der Waals surface area contributed by atoms with Crippen LogP contribution in [0.3, 0.4) is 0 Å². The highest BCUT2D eigenvalue weighted by Gasteiger charge is 2.34. The summed E-state index contributed by atoms with van der Waals surface area (Å²) < 4.78 is 0. The van der Waals surface area contributed by atoms with E-state index in [0.717, 1.165) is 31.5 Å². The summed E-state index contributed by atoms with van der Waals surface area (Å²) in [7, 11) is 0. The number of hydrogen-bond acceptors (Lipinski definition) is 3. The topological polar surface area (TPSA) is 30.3 Å². The van der Waals surface area contributed by atoms with Gasteiger partial charge in [-0.3, -0.25) is 9.80 Å². The Kier molecular flexibility index (Phi) is 9.50. The summed E-state index contributed by atoms with van der Waals surface area (Å²) in [4.78, 5) is 5.00. The van der Waals surface area contributed by atoms with Crippen molar-refractivity contribution in [2.45, 2.75) is 97.8 Å². The molecule has 3 heteroatoms. The molecular formula is C24H41N3. The Morgan fingerprint density at radius 2 is 1.11 bits per heavy atom. The predicted molar refractivity (Wildman–Crippen MR) is 117 cm³/mol. The highest BCUT2D eigenvalue weighted by atomic mass is 15.2. The maximum atomic E-state index is 10.3. The fourth-order valence-corrected chi connectivity index (χ4v) is 4.21. The van der Waals surface area contributed by atoms with Gasteiger partial charge < -0.3 is 0 Å². The summed E-state index contributed by atoms with van der Waals surface area (Å²) in [6.07, 6.45) is 1.74. The molecule has 0 bridgehead atoms. The number of rotatable bonds is 11. The SMILES string of the molecule is CC(C)N(CCC(C#N)(CCN(C(C)C)C(C)C)c1ccccc1)C(C)C. The smallest absolute Gasteiger partial charge is 0.0846 e. The average molecular weight is 372 g/mol. The van der Waals surface area contributed by atoms with Crippen molar-refractivity contribution in [3.63, 3.8) is 0 Å². The van der Waals surface area contributed by atoms with E-state index in [-0.39, 0.29) is 0 Å². The number of nitrogens with zero attached hydrogens (tertiary/aromatic N) is 3. The molecule has 27 heavy (non-hydrogen) atoms. The number of nitriles is 1. The quantitative estimate of drug-likeness (QED) is 0.517. The molecule has 0 aliphatic rings. The van der Waals surface area contributed by atoms with Crippen LogP contribution in [-0.2, 0) is 5.41 Å². The standard InChI is InChI=1S/C24H41N3/c1-19(2)26(20(3)4)16-14-24(18-25,23-12-10-9-11-13-23)15-17-27(21(5)6)22(7)8/h9-13,19-22H,14-17H2,1-8H3. The van der Waals surface area contributed by atoms with E-state index in [9.17, 15) is 5.26 Å². The molecule has 1 rings (SSSR count). The molecule has 1 aromatic rings. The van der Waals surface area contributed by atoms with Crippen LogP contribution in [0, 0.1) is 11.3 Å². The Bertz CT molecular complexity index is 529. The molecule has 0 aliphatic carbocycles. The van der Waals surface area contributed by atoms with Gasteiger partial charge in [0.2, 0.25) is 0 Å².